The van der Waals surface area contributed by atoms with Crippen molar-refractivity contribution in [1.82, 2.24) is 9.80 Å². The van der Waals surface area contributed by atoms with Crippen molar-refractivity contribution in [2.75, 3.05) is 26.2 Å². The third kappa shape index (κ3) is 4.00. The monoisotopic (exact) mass is 357 g/mol. The minimum atomic E-state index is -0.508. The first-order valence-electron chi connectivity index (χ1n) is 8.19. The van der Waals surface area contributed by atoms with E-state index in [4.69, 9.17) is 17.3 Å². The Morgan fingerprint density at radius 1 is 0.920 bits per heavy atom. The van der Waals surface area contributed by atoms with Gasteiger partial charge < -0.3 is 10.6 Å². The van der Waals surface area contributed by atoms with Crippen molar-refractivity contribution in [2.24, 2.45) is 5.73 Å². The van der Waals surface area contributed by atoms with Crippen molar-refractivity contribution in [1.29, 1.82) is 0 Å². The molecule has 1 aliphatic rings. The van der Waals surface area contributed by atoms with Gasteiger partial charge in [0.1, 0.15) is 6.04 Å². The van der Waals surface area contributed by atoms with Gasteiger partial charge in [-0.3, -0.25) is 14.5 Å². The lowest BCUT2D eigenvalue weighted by Gasteiger charge is -2.38. The third-order valence-electron chi connectivity index (χ3n) is 4.44. The standard InChI is InChI=1S/C19H20ClN3O2/c20-16-8-6-14(7-9-16)17(18(21)24)22-10-12-23(13-11-22)19(25)15-4-2-1-3-5-15/h1-9,17H,10-13H2,(H2,21,24)/t17-/m0/s1. The van der Waals surface area contributed by atoms with E-state index in [1.165, 1.54) is 0 Å². The Morgan fingerprint density at radius 2 is 1.52 bits per heavy atom. The zero-order valence-corrected chi connectivity index (χ0v) is 14.5. The van der Waals surface area contributed by atoms with Crippen LogP contribution >= 0.6 is 11.6 Å². The number of benzene rings is 2. The van der Waals surface area contributed by atoms with E-state index in [0.717, 1.165) is 5.56 Å². The van der Waals surface area contributed by atoms with Crippen molar-refractivity contribution in [3.8, 4) is 0 Å². The lowest BCUT2D eigenvalue weighted by atomic mass is 10.0. The smallest absolute Gasteiger partial charge is 0.253 e. The van der Waals surface area contributed by atoms with Gasteiger partial charge >= 0.3 is 0 Å². The van der Waals surface area contributed by atoms with E-state index in [2.05, 4.69) is 0 Å². The van der Waals surface area contributed by atoms with Gasteiger partial charge in [-0.15, -0.1) is 0 Å². The number of halogens is 1. The maximum absolute atomic E-state index is 12.5. The summed E-state index contributed by atoms with van der Waals surface area (Å²) in [6, 6.07) is 15.9. The average molecular weight is 358 g/mol. The van der Waals surface area contributed by atoms with Crippen LogP contribution in [0, 0.1) is 0 Å². The molecule has 1 atom stereocenters. The molecule has 0 bridgehead atoms. The number of amides is 2. The van der Waals surface area contributed by atoms with Gasteiger partial charge in [-0.2, -0.15) is 0 Å². The lowest BCUT2D eigenvalue weighted by molar-refractivity contribution is -0.124. The molecular formula is C19H20ClN3O2. The minimum absolute atomic E-state index is 0.0161. The fourth-order valence-electron chi connectivity index (χ4n) is 3.15. The zero-order chi connectivity index (χ0) is 17.8. The first kappa shape index (κ1) is 17.5. The summed E-state index contributed by atoms with van der Waals surface area (Å²) >= 11 is 5.92. The summed E-state index contributed by atoms with van der Waals surface area (Å²) in [4.78, 5) is 28.3. The number of carbonyl (C=O) groups excluding carboxylic acids is 2. The largest absolute Gasteiger partial charge is 0.368 e. The highest BCUT2D eigenvalue weighted by Crippen LogP contribution is 2.24. The van der Waals surface area contributed by atoms with E-state index in [1.54, 1.807) is 12.1 Å². The number of piperazine rings is 1. The number of carbonyl (C=O) groups is 2. The molecule has 1 heterocycles. The molecule has 0 aliphatic carbocycles. The van der Waals surface area contributed by atoms with Gasteiger partial charge in [0.25, 0.3) is 5.91 Å². The van der Waals surface area contributed by atoms with Gasteiger partial charge in [0.2, 0.25) is 5.91 Å². The topological polar surface area (TPSA) is 66.6 Å². The number of primary amides is 1. The van der Waals surface area contributed by atoms with Crippen LogP contribution in [0.4, 0.5) is 0 Å². The average Bonchev–Trinajstić information content (AvgIpc) is 2.64. The van der Waals surface area contributed by atoms with Crippen LogP contribution in [0.5, 0.6) is 0 Å². The van der Waals surface area contributed by atoms with Crippen LogP contribution in [0.1, 0.15) is 22.0 Å². The van der Waals surface area contributed by atoms with Crippen LogP contribution in [-0.2, 0) is 4.79 Å². The highest BCUT2D eigenvalue weighted by molar-refractivity contribution is 6.30. The number of hydrogen-bond acceptors (Lipinski definition) is 3. The number of rotatable bonds is 4. The number of nitrogens with two attached hydrogens (primary N) is 1. The van der Waals surface area contributed by atoms with E-state index in [-0.39, 0.29) is 5.91 Å². The molecule has 130 valence electrons. The van der Waals surface area contributed by atoms with Crippen molar-refractivity contribution in [2.45, 2.75) is 6.04 Å². The molecule has 1 fully saturated rings. The molecule has 0 spiro atoms. The van der Waals surface area contributed by atoms with E-state index in [9.17, 15) is 9.59 Å². The van der Waals surface area contributed by atoms with Crippen LogP contribution in [0.2, 0.25) is 5.02 Å². The van der Waals surface area contributed by atoms with E-state index < -0.39 is 11.9 Å². The van der Waals surface area contributed by atoms with E-state index >= 15 is 0 Å². The molecule has 5 nitrogen and oxygen atoms in total. The fraction of sp³-hybridized carbons (Fsp3) is 0.263. The third-order valence-corrected chi connectivity index (χ3v) is 4.69. The van der Waals surface area contributed by atoms with Crippen LogP contribution in [0.3, 0.4) is 0 Å². The molecule has 1 aliphatic heterocycles. The Bertz CT molecular complexity index is 741. The second-order valence-corrected chi connectivity index (χ2v) is 6.49. The first-order chi connectivity index (χ1) is 12.1. The number of nitrogens with zero attached hydrogens (tertiary/aromatic N) is 2. The molecule has 0 aromatic heterocycles. The van der Waals surface area contributed by atoms with E-state index in [0.29, 0.717) is 36.8 Å². The Hall–Kier alpha value is -2.37. The summed E-state index contributed by atoms with van der Waals surface area (Å²) in [5.41, 5.74) is 7.13. The van der Waals surface area contributed by atoms with Crippen LogP contribution in [-0.4, -0.2) is 47.8 Å². The quantitative estimate of drug-likeness (QED) is 0.913. The summed E-state index contributed by atoms with van der Waals surface area (Å²) < 4.78 is 0. The van der Waals surface area contributed by atoms with Gasteiger partial charge in [-0.1, -0.05) is 41.9 Å². The normalized spacial score (nSPS) is 16.4. The van der Waals surface area contributed by atoms with Crippen LogP contribution in [0.25, 0.3) is 0 Å². The molecule has 0 saturated carbocycles. The van der Waals surface area contributed by atoms with Gasteiger partial charge in [0.05, 0.1) is 0 Å². The summed E-state index contributed by atoms with van der Waals surface area (Å²) in [7, 11) is 0. The van der Waals surface area contributed by atoms with Crippen molar-refractivity contribution in [3.63, 3.8) is 0 Å². The molecule has 2 aromatic rings. The maximum Gasteiger partial charge on any atom is 0.253 e. The van der Waals surface area contributed by atoms with E-state index in [1.807, 2.05) is 52.3 Å². The van der Waals surface area contributed by atoms with Gasteiger partial charge in [-0.25, -0.2) is 0 Å². The Kier molecular flexibility index (Phi) is 5.36. The zero-order valence-electron chi connectivity index (χ0n) is 13.8. The first-order valence-corrected chi connectivity index (χ1v) is 8.57. The van der Waals surface area contributed by atoms with Crippen molar-refractivity contribution < 1.29 is 9.59 Å². The fourth-order valence-corrected chi connectivity index (χ4v) is 3.27. The molecule has 2 amide bonds. The molecule has 3 rings (SSSR count). The second-order valence-electron chi connectivity index (χ2n) is 6.05. The summed E-state index contributed by atoms with van der Waals surface area (Å²) in [5, 5.41) is 0.616. The predicted molar refractivity (Wildman–Crippen MR) is 97.3 cm³/mol. The van der Waals surface area contributed by atoms with Crippen molar-refractivity contribution >= 4 is 23.4 Å². The molecule has 0 radical (unpaired) electrons. The summed E-state index contributed by atoms with van der Waals surface area (Å²) in [5.74, 6) is -0.382. The molecule has 25 heavy (non-hydrogen) atoms. The Balaban J connectivity index is 1.68. The van der Waals surface area contributed by atoms with Crippen LogP contribution in [0.15, 0.2) is 54.6 Å². The highest BCUT2D eigenvalue weighted by Gasteiger charge is 2.30. The number of hydrogen-bond donors (Lipinski definition) is 1. The minimum Gasteiger partial charge on any atom is -0.368 e. The van der Waals surface area contributed by atoms with Gasteiger partial charge in [-0.05, 0) is 29.8 Å². The van der Waals surface area contributed by atoms with Gasteiger partial charge in [0, 0.05) is 36.8 Å². The summed E-state index contributed by atoms with van der Waals surface area (Å²) in [6.45, 7) is 2.31. The molecule has 1 saturated heterocycles. The molecule has 2 aromatic carbocycles. The van der Waals surface area contributed by atoms with Gasteiger partial charge in [0.15, 0.2) is 0 Å². The Labute approximate surface area is 152 Å². The second kappa shape index (κ2) is 7.68. The summed E-state index contributed by atoms with van der Waals surface area (Å²) in [6.07, 6.45) is 0. The molecule has 6 heteroatoms. The predicted octanol–water partition coefficient (Wildman–Crippen LogP) is 2.32. The highest BCUT2D eigenvalue weighted by atomic mass is 35.5. The lowest BCUT2D eigenvalue weighted by Crippen LogP contribution is -2.51. The van der Waals surface area contributed by atoms with Crippen LogP contribution < -0.4 is 5.73 Å². The maximum atomic E-state index is 12.5. The Morgan fingerprint density at radius 3 is 2.08 bits per heavy atom. The van der Waals surface area contributed by atoms with Crippen molar-refractivity contribution in [3.05, 3.63) is 70.7 Å². The molecule has 0 unspecified atom stereocenters. The molecular weight excluding hydrogens is 338 g/mol. The SMILES string of the molecule is NC(=O)[C@H](c1ccc(Cl)cc1)N1CCN(C(=O)c2ccccc2)CC1. The molecule has 2 N–H and O–H groups in total.